The molecule has 0 aliphatic carbocycles. The lowest BCUT2D eigenvalue weighted by atomic mass is 10.6. The van der Waals surface area contributed by atoms with Gasteiger partial charge < -0.3 is 48.5 Å². The molecule has 0 aromatic carbocycles. The Balaban J connectivity index is 3.14. The first-order chi connectivity index (χ1) is 16.3. The number of hydrogen-bond acceptors (Lipinski definition) is 10. The molecule has 2 amide bonds. The molecule has 0 bridgehead atoms. The van der Waals surface area contributed by atoms with Crippen LogP contribution in [-0.2, 0) is 47.5 Å². The summed E-state index contributed by atoms with van der Waals surface area (Å²) in [7, 11) is 0. The predicted molar refractivity (Wildman–Crippen MR) is 119 cm³/mol. The van der Waals surface area contributed by atoms with Gasteiger partial charge in [0.05, 0.1) is 92.5 Å². The highest BCUT2D eigenvalue weighted by molar-refractivity contribution is 5.77. The van der Waals surface area contributed by atoms with Crippen LogP contribution in [0, 0.1) is 0 Å². The third-order valence-corrected chi connectivity index (χ3v) is 3.71. The molecular formula is C21H42N2O10. The lowest BCUT2D eigenvalue weighted by molar-refractivity contribution is -0.126. The molecule has 12 heteroatoms. The zero-order valence-corrected chi connectivity index (χ0v) is 19.9. The van der Waals surface area contributed by atoms with E-state index in [1.165, 1.54) is 0 Å². The van der Waals surface area contributed by atoms with Crippen molar-refractivity contribution in [3.63, 3.8) is 0 Å². The Morgan fingerprint density at radius 1 is 0.576 bits per heavy atom. The quantitative estimate of drug-likeness (QED) is 0.106. The smallest absolute Gasteiger partial charge is 0.246 e. The van der Waals surface area contributed by atoms with Gasteiger partial charge in [0, 0.05) is 19.7 Å². The third kappa shape index (κ3) is 28.6. The van der Waals surface area contributed by atoms with Crippen molar-refractivity contribution in [2.75, 3.05) is 119 Å². The summed E-state index contributed by atoms with van der Waals surface area (Å²) in [5.41, 5.74) is 0. The lowest BCUT2D eigenvalue weighted by Gasteiger charge is -2.09. The van der Waals surface area contributed by atoms with Crippen LogP contribution in [0.1, 0.15) is 6.92 Å². The van der Waals surface area contributed by atoms with Crippen LogP contribution in [0.3, 0.4) is 0 Å². The number of ether oxygens (including phenoxy) is 8. The number of nitrogens with one attached hydrogen (secondary N) is 2. The molecule has 0 saturated heterocycles. The molecular weight excluding hydrogens is 440 g/mol. The molecule has 0 saturated carbocycles. The fourth-order valence-electron chi connectivity index (χ4n) is 2.13. The molecule has 33 heavy (non-hydrogen) atoms. The van der Waals surface area contributed by atoms with Crippen LogP contribution in [0.25, 0.3) is 0 Å². The van der Waals surface area contributed by atoms with Gasteiger partial charge in [-0.1, -0.05) is 0 Å². The third-order valence-electron chi connectivity index (χ3n) is 3.71. The summed E-state index contributed by atoms with van der Waals surface area (Å²) in [6.45, 7) is 10.0. The Kier molecular flexibility index (Phi) is 27.5. The summed E-state index contributed by atoms with van der Waals surface area (Å²) in [6, 6.07) is 0. The van der Waals surface area contributed by atoms with E-state index in [-0.39, 0.29) is 12.5 Å². The minimum atomic E-state index is -0.199. The topological polar surface area (TPSA) is 132 Å². The minimum Gasteiger partial charge on any atom is -0.379 e. The van der Waals surface area contributed by atoms with Crippen LogP contribution < -0.4 is 10.6 Å². The second kappa shape index (κ2) is 28.7. The standard InChI is InChI=1S/C21H42N2O10/c1-2-26-7-8-29-13-16-32-17-18-33-19-21(25)23-4-6-28-10-12-31-15-14-30-11-9-27-5-3-22-20-24/h20H,2-19H2,1H3,(H,22,24)(H,23,25). The van der Waals surface area contributed by atoms with E-state index in [4.69, 9.17) is 37.9 Å². The van der Waals surface area contributed by atoms with E-state index in [1.54, 1.807) is 0 Å². The maximum atomic E-state index is 11.6. The van der Waals surface area contributed by atoms with Gasteiger partial charge in [-0.3, -0.25) is 9.59 Å². The molecule has 0 heterocycles. The maximum Gasteiger partial charge on any atom is 0.246 e. The normalized spacial score (nSPS) is 10.9. The van der Waals surface area contributed by atoms with Crippen molar-refractivity contribution in [2.45, 2.75) is 6.92 Å². The first-order valence-electron chi connectivity index (χ1n) is 11.4. The molecule has 12 nitrogen and oxygen atoms in total. The highest BCUT2D eigenvalue weighted by Crippen LogP contribution is 1.84. The van der Waals surface area contributed by atoms with Crippen molar-refractivity contribution in [1.82, 2.24) is 10.6 Å². The number of carbonyl (C=O) groups is 2. The van der Waals surface area contributed by atoms with Gasteiger partial charge in [-0.15, -0.1) is 0 Å². The van der Waals surface area contributed by atoms with Crippen LogP contribution in [0.2, 0.25) is 0 Å². The zero-order chi connectivity index (χ0) is 24.1. The lowest BCUT2D eigenvalue weighted by Crippen LogP contribution is -2.31. The molecule has 0 atom stereocenters. The molecule has 196 valence electrons. The SMILES string of the molecule is CCOCCOCCOCCOCC(=O)NCCOCCOCCOCCOCCNC=O. The molecule has 0 radical (unpaired) electrons. The molecule has 0 fully saturated rings. The monoisotopic (exact) mass is 482 g/mol. The molecule has 0 aromatic heterocycles. The van der Waals surface area contributed by atoms with Gasteiger partial charge in [-0.05, 0) is 6.92 Å². The van der Waals surface area contributed by atoms with Crippen molar-refractivity contribution in [3.8, 4) is 0 Å². The highest BCUT2D eigenvalue weighted by Gasteiger charge is 2.01. The second-order valence-electron chi connectivity index (χ2n) is 6.35. The van der Waals surface area contributed by atoms with Gasteiger partial charge in [0.15, 0.2) is 0 Å². The maximum absolute atomic E-state index is 11.6. The van der Waals surface area contributed by atoms with Crippen LogP contribution in [0.4, 0.5) is 0 Å². The Morgan fingerprint density at radius 2 is 0.970 bits per heavy atom. The zero-order valence-electron chi connectivity index (χ0n) is 19.9. The van der Waals surface area contributed by atoms with E-state index in [2.05, 4.69) is 10.6 Å². The van der Waals surface area contributed by atoms with E-state index in [1.807, 2.05) is 6.92 Å². The first kappa shape index (κ1) is 31.6. The van der Waals surface area contributed by atoms with E-state index in [0.717, 1.165) is 0 Å². The van der Waals surface area contributed by atoms with E-state index in [9.17, 15) is 9.59 Å². The number of rotatable bonds is 28. The highest BCUT2D eigenvalue weighted by atomic mass is 16.6. The van der Waals surface area contributed by atoms with Crippen molar-refractivity contribution in [1.29, 1.82) is 0 Å². The summed E-state index contributed by atoms with van der Waals surface area (Å²) in [5, 5.41) is 5.21. The molecule has 0 spiro atoms. The van der Waals surface area contributed by atoms with Gasteiger partial charge in [0.2, 0.25) is 12.3 Å². The van der Waals surface area contributed by atoms with Crippen LogP contribution in [0.15, 0.2) is 0 Å². The van der Waals surface area contributed by atoms with Crippen molar-refractivity contribution >= 4 is 12.3 Å². The molecule has 0 aliphatic heterocycles. The van der Waals surface area contributed by atoms with Gasteiger partial charge in [-0.2, -0.15) is 0 Å². The van der Waals surface area contributed by atoms with Gasteiger partial charge in [0.1, 0.15) is 6.61 Å². The Bertz CT molecular complexity index is 419. The molecule has 2 N–H and O–H groups in total. The molecule has 0 unspecified atom stereocenters. The van der Waals surface area contributed by atoms with Crippen LogP contribution >= 0.6 is 0 Å². The van der Waals surface area contributed by atoms with Crippen LogP contribution in [-0.4, -0.2) is 131 Å². The number of amides is 2. The summed E-state index contributed by atoms with van der Waals surface area (Å²) < 4.78 is 42.4. The van der Waals surface area contributed by atoms with Gasteiger partial charge >= 0.3 is 0 Å². The molecule has 0 rings (SSSR count). The summed E-state index contributed by atoms with van der Waals surface area (Å²) in [6.07, 6.45) is 0.636. The van der Waals surface area contributed by atoms with Crippen LogP contribution in [0.5, 0.6) is 0 Å². The second-order valence-corrected chi connectivity index (χ2v) is 6.35. The Labute approximate surface area is 196 Å². The first-order valence-corrected chi connectivity index (χ1v) is 11.4. The molecule has 0 aromatic rings. The van der Waals surface area contributed by atoms with E-state index in [0.29, 0.717) is 119 Å². The van der Waals surface area contributed by atoms with Crippen molar-refractivity contribution < 1.29 is 47.5 Å². The van der Waals surface area contributed by atoms with E-state index < -0.39 is 0 Å². The summed E-state index contributed by atoms with van der Waals surface area (Å²) in [5.74, 6) is -0.199. The number of hydrogen-bond donors (Lipinski definition) is 2. The number of carbonyl (C=O) groups excluding carboxylic acids is 2. The Hall–Kier alpha value is -1.38. The van der Waals surface area contributed by atoms with Crippen molar-refractivity contribution in [3.05, 3.63) is 0 Å². The van der Waals surface area contributed by atoms with E-state index >= 15 is 0 Å². The Morgan fingerprint density at radius 3 is 1.42 bits per heavy atom. The van der Waals surface area contributed by atoms with Gasteiger partial charge in [-0.25, -0.2) is 0 Å². The molecule has 0 aliphatic rings. The minimum absolute atomic E-state index is 0.0159. The fourth-order valence-corrected chi connectivity index (χ4v) is 2.13. The average Bonchev–Trinajstić information content (AvgIpc) is 2.82. The largest absolute Gasteiger partial charge is 0.379 e. The fraction of sp³-hybridized carbons (Fsp3) is 0.905. The predicted octanol–water partition coefficient (Wildman–Crippen LogP) is -0.999. The summed E-state index contributed by atoms with van der Waals surface area (Å²) in [4.78, 5) is 21.6. The van der Waals surface area contributed by atoms with Gasteiger partial charge in [0.25, 0.3) is 0 Å². The summed E-state index contributed by atoms with van der Waals surface area (Å²) >= 11 is 0. The average molecular weight is 483 g/mol. The van der Waals surface area contributed by atoms with Crippen molar-refractivity contribution in [2.24, 2.45) is 0 Å².